The lowest BCUT2D eigenvalue weighted by Gasteiger charge is -2.33. The Balaban J connectivity index is 2.88. The molecule has 0 radical (unpaired) electrons. The summed E-state index contributed by atoms with van der Waals surface area (Å²) in [5.41, 5.74) is -0.619. The summed E-state index contributed by atoms with van der Waals surface area (Å²) in [6.07, 6.45) is 3.79. The van der Waals surface area contributed by atoms with Gasteiger partial charge in [0.2, 0.25) is 0 Å². The zero-order valence-electron chi connectivity index (χ0n) is 12.5. The van der Waals surface area contributed by atoms with E-state index < -0.39 is 5.41 Å². The first-order valence-electron chi connectivity index (χ1n) is 7.26. The van der Waals surface area contributed by atoms with E-state index in [1.165, 1.54) is 6.92 Å². The third kappa shape index (κ3) is 3.95. The second-order valence-corrected chi connectivity index (χ2v) is 5.80. The van der Waals surface area contributed by atoms with Crippen molar-refractivity contribution in [2.45, 2.75) is 65.9 Å². The smallest absolute Gasteiger partial charge is 0.315 e. The molecule has 2 atom stereocenters. The van der Waals surface area contributed by atoms with E-state index in [4.69, 9.17) is 9.47 Å². The molecule has 0 aromatic heterocycles. The predicted molar refractivity (Wildman–Crippen MR) is 72.5 cm³/mol. The molecule has 110 valence electrons. The number of hydrogen-bond acceptors (Lipinski definition) is 4. The molecular weight excluding hydrogens is 244 g/mol. The van der Waals surface area contributed by atoms with Crippen LogP contribution in [0.1, 0.15) is 59.8 Å². The Kier molecular flexibility index (Phi) is 5.83. The number of ether oxygens (including phenoxy) is 2. The van der Waals surface area contributed by atoms with E-state index in [0.29, 0.717) is 12.5 Å². The van der Waals surface area contributed by atoms with Gasteiger partial charge < -0.3 is 9.47 Å². The van der Waals surface area contributed by atoms with Gasteiger partial charge in [-0.25, -0.2) is 0 Å². The van der Waals surface area contributed by atoms with Crippen LogP contribution in [0.15, 0.2) is 0 Å². The first-order valence-corrected chi connectivity index (χ1v) is 7.26. The maximum absolute atomic E-state index is 12.4. The first kappa shape index (κ1) is 16.0. The molecule has 1 rings (SSSR count). The Labute approximate surface area is 115 Å². The van der Waals surface area contributed by atoms with Crippen LogP contribution in [-0.2, 0) is 19.1 Å². The van der Waals surface area contributed by atoms with Crippen molar-refractivity contribution >= 4 is 11.9 Å². The van der Waals surface area contributed by atoms with Crippen LogP contribution in [-0.4, -0.2) is 24.6 Å². The zero-order valence-corrected chi connectivity index (χ0v) is 12.5. The lowest BCUT2D eigenvalue weighted by Crippen LogP contribution is -2.42. The molecule has 1 aliphatic carbocycles. The summed E-state index contributed by atoms with van der Waals surface area (Å²) in [4.78, 5) is 23.6. The second kappa shape index (κ2) is 6.92. The van der Waals surface area contributed by atoms with Crippen molar-refractivity contribution in [3.8, 4) is 0 Å². The molecular formula is C15H26O4. The molecule has 1 fully saturated rings. The summed E-state index contributed by atoms with van der Waals surface area (Å²) in [5.74, 6) is 0.00870. The van der Waals surface area contributed by atoms with Crippen LogP contribution in [0.3, 0.4) is 0 Å². The molecule has 19 heavy (non-hydrogen) atoms. The number of esters is 2. The van der Waals surface area contributed by atoms with Crippen LogP contribution >= 0.6 is 0 Å². The predicted octanol–water partition coefficient (Wildman–Crippen LogP) is 3.09. The van der Waals surface area contributed by atoms with E-state index in [-0.39, 0.29) is 18.0 Å². The highest BCUT2D eigenvalue weighted by atomic mass is 16.6. The molecule has 1 aliphatic rings. The van der Waals surface area contributed by atoms with Gasteiger partial charge in [0.05, 0.1) is 6.61 Å². The number of carbonyl (C=O) groups excluding carboxylic acids is 2. The van der Waals surface area contributed by atoms with E-state index in [1.807, 2.05) is 6.92 Å². The van der Waals surface area contributed by atoms with Gasteiger partial charge in [-0.2, -0.15) is 0 Å². The molecule has 0 spiro atoms. The maximum atomic E-state index is 12.4. The van der Waals surface area contributed by atoms with Crippen molar-refractivity contribution in [3.05, 3.63) is 0 Å². The van der Waals surface area contributed by atoms with Gasteiger partial charge in [-0.15, -0.1) is 0 Å². The molecule has 0 amide bonds. The van der Waals surface area contributed by atoms with E-state index in [1.54, 1.807) is 0 Å². The van der Waals surface area contributed by atoms with Gasteiger partial charge in [0, 0.05) is 6.92 Å². The number of carbonyl (C=O) groups is 2. The van der Waals surface area contributed by atoms with Gasteiger partial charge in [0.15, 0.2) is 0 Å². The molecule has 0 N–H and O–H groups in total. The molecule has 0 saturated heterocycles. The van der Waals surface area contributed by atoms with Crippen LogP contribution in [0, 0.1) is 11.3 Å². The highest BCUT2D eigenvalue weighted by molar-refractivity contribution is 5.79. The maximum Gasteiger partial charge on any atom is 0.315 e. The van der Waals surface area contributed by atoms with E-state index >= 15 is 0 Å². The van der Waals surface area contributed by atoms with Crippen LogP contribution in [0.4, 0.5) is 0 Å². The standard InChI is InChI=1S/C15H26O4/c1-5-18-14(17)15(10-8-11(2)3)9-6-7-13(15)19-12(4)16/h11,13H,5-10H2,1-4H3. The molecule has 4 nitrogen and oxygen atoms in total. The summed E-state index contributed by atoms with van der Waals surface area (Å²) in [6.45, 7) is 7.85. The average molecular weight is 270 g/mol. The van der Waals surface area contributed by atoms with Gasteiger partial charge >= 0.3 is 11.9 Å². The third-order valence-corrected chi connectivity index (χ3v) is 3.86. The van der Waals surface area contributed by atoms with Crippen LogP contribution in [0.2, 0.25) is 0 Å². The van der Waals surface area contributed by atoms with Crippen LogP contribution < -0.4 is 0 Å². The van der Waals surface area contributed by atoms with Crippen molar-refractivity contribution in [3.63, 3.8) is 0 Å². The Morgan fingerprint density at radius 1 is 1.37 bits per heavy atom. The lowest BCUT2D eigenvalue weighted by molar-refractivity contribution is -0.170. The van der Waals surface area contributed by atoms with Crippen molar-refractivity contribution < 1.29 is 19.1 Å². The molecule has 4 heteroatoms. The van der Waals surface area contributed by atoms with Crippen molar-refractivity contribution in [1.82, 2.24) is 0 Å². The highest BCUT2D eigenvalue weighted by Gasteiger charge is 2.51. The summed E-state index contributed by atoms with van der Waals surface area (Å²) < 4.78 is 10.6. The van der Waals surface area contributed by atoms with E-state index in [0.717, 1.165) is 32.1 Å². The molecule has 0 bridgehead atoms. The molecule has 0 aromatic carbocycles. The minimum absolute atomic E-state index is 0.195. The SMILES string of the molecule is CCOC(=O)C1(CCC(C)C)CCCC1OC(C)=O. The number of hydrogen-bond donors (Lipinski definition) is 0. The largest absolute Gasteiger partial charge is 0.465 e. The highest BCUT2D eigenvalue weighted by Crippen LogP contribution is 2.45. The van der Waals surface area contributed by atoms with E-state index in [2.05, 4.69) is 13.8 Å². The van der Waals surface area contributed by atoms with Gasteiger partial charge in [-0.1, -0.05) is 13.8 Å². The first-order chi connectivity index (χ1) is 8.92. The normalized spacial score (nSPS) is 26.5. The average Bonchev–Trinajstić information content (AvgIpc) is 2.70. The fourth-order valence-corrected chi connectivity index (χ4v) is 2.85. The fraction of sp³-hybridized carbons (Fsp3) is 0.867. The van der Waals surface area contributed by atoms with Gasteiger partial charge in [-0.05, 0) is 44.9 Å². The Morgan fingerprint density at radius 2 is 2.05 bits per heavy atom. The molecule has 0 heterocycles. The summed E-state index contributed by atoms with van der Waals surface area (Å²) in [6, 6.07) is 0. The lowest BCUT2D eigenvalue weighted by atomic mass is 9.78. The Morgan fingerprint density at radius 3 is 2.58 bits per heavy atom. The van der Waals surface area contributed by atoms with Crippen LogP contribution in [0.25, 0.3) is 0 Å². The minimum atomic E-state index is -0.619. The number of rotatable bonds is 6. The molecule has 0 aliphatic heterocycles. The molecule has 0 aromatic rings. The van der Waals surface area contributed by atoms with Crippen LogP contribution in [0.5, 0.6) is 0 Å². The Hall–Kier alpha value is -1.06. The van der Waals surface area contributed by atoms with Crippen molar-refractivity contribution in [1.29, 1.82) is 0 Å². The summed E-state index contributed by atoms with van der Waals surface area (Å²) >= 11 is 0. The monoisotopic (exact) mass is 270 g/mol. The summed E-state index contributed by atoms with van der Waals surface area (Å²) in [5, 5.41) is 0. The Bertz CT molecular complexity index is 324. The molecule has 1 saturated carbocycles. The topological polar surface area (TPSA) is 52.6 Å². The summed E-state index contributed by atoms with van der Waals surface area (Å²) in [7, 11) is 0. The van der Waals surface area contributed by atoms with Gasteiger partial charge in [0.25, 0.3) is 0 Å². The van der Waals surface area contributed by atoms with Crippen molar-refractivity contribution in [2.75, 3.05) is 6.61 Å². The van der Waals surface area contributed by atoms with Gasteiger partial charge in [-0.3, -0.25) is 9.59 Å². The zero-order chi connectivity index (χ0) is 14.5. The minimum Gasteiger partial charge on any atom is -0.465 e. The van der Waals surface area contributed by atoms with Crippen molar-refractivity contribution in [2.24, 2.45) is 11.3 Å². The quantitative estimate of drug-likeness (QED) is 0.696. The van der Waals surface area contributed by atoms with Gasteiger partial charge in [0.1, 0.15) is 11.5 Å². The fourth-order valence-electron chi connectivity index (χ4n) is 2.85. The molecule has 2 unspecified atom stereocenters. The van der Waals surface area contributed by atoms with E-state index in [9.17, 15) is 9.59 Å². The third-order valence-electron chi connectivity index (χ3n) is 3.86. The second-order valence-electron chi connectivity index (χ2n) is 5.80.